The highest BCUT2D eigenvalue weighted by molar-refractivity contribution is 7.80. The van der Waals surface area contributed by atoms with Gasteiger partial charge in [-0.25, -0.2) is 0 Å². The summed E-state index contributed by atoms with van der Waals surface area (Å²) in [4.78, 5) is 12.3. The molecule has 0 saturated heterocycles. The molecule has 2 rings (SSSR count). The van der Waals surface area contributed by atoms with E-state index in [1.807, 2.05) is 0 Å². The first-order valence-corrected chi connectivity index (χ1v) is 6.21. The van der Waals surface area contributed by atoms with Crippen molar-refractivity contribution in [2.45, 2.75) is 37.6 Å². The Morgan fingerprint density at radius 2 is 2.12 bits per heavy atom. The largest absolute Gasteiger partial charge is 0.459 e. The highest BCUT2D eigenvalue weighted by atomic mass is 32.1. The Labute approximate surface area is 106 Å². The van der Waals surface area contributed by atoms with Crippen molar-refractivity contribution in [1.82, 2.24) is 5.32 Å². The number of hydrogen-bond donors (Lipinski definition) is 2. The summed E-state index contributed by atoms with van der Waals surface area (Å²) in [6.07, 6.45) is 6.35. The molecule has 1 saturated carbocycles. The van der Waals surface area contributed by atoms with Gasteiger partial charge in [0.2, 0.25) is 0 Å². The molecule has 1 aromatic rings. The minimum absolute atomic E-state index is 0.246. The molecule has 4 nitrogen and oxygen atoms in total. The number of nitrogens with two attached hydrogens (primary N) is 1. The molecule has 17 heavy (non-hydrogen) atoms. The van der Waals surface area contributed by atoms with Crippen LogP contribution in [0.15, 0.2) is 22.8 Å². The minimum Gasteiger partial charge on any atom is -0.459 e. The Bertz CT molecular complexity index is 408. The Morgan fingerprint density at radius 3 is 2.65 bits per heavy atom. The first-order valence-electron chi connectivity index (χ1n) is 5.80. The number of nitrogens with one attached hydrogen (secondary N) is 1. The fourth-order valence-corrected chi connectivity index (χ4v) is 2.53. The molecule has 92 valence electrons. The van der Waals surface area contributed by atoms with E-state index in [1.165, 1.54) is 12.7 Å². The average molecular weight is 252 g/mol. The Balaban J connectivity index is 2.13. The lowest BCUT2D eigenvalue weighted by atomic mass is 9.81. The molecule has 0 radical (unpaired) electrons. The maximum absolute atomic E-state index is 12.0. The van der Waals surface area contributed by atoms with Crippen LogP contribution in [0.1, 0.15) is 42.7 Å². The fraction of sp³-hybridized carbons (Fsp3) is 0.500. The molecule has 1 amide bonds. The predicted octanol–water partition coefficient (Wildman–Crippen LogP) is 2.00. The van der Waals surface area contributed by atoms with Gasteiger partial charge in [0, 0.05) is 0 Å². The molecular weight excluding hydrogens is 236 g/mol. The van der Waals surface area contributed by atoms with Gasteiger partial charge in [0.15, 0.2) is 5.76 Å². The summed E-state index contributed by atoms with van der Waals surface area (Å²) < 4.78 is 5.07. The molecule has 0 unspecified atom stereocenters. The second-order valence-corrected chi connectivity index (χ2v) is 4.88. The van der Waals surface area contributed by atoms with Gasteiger partial charge in [0.1, 0.15) is 0 Å². The van der Waals surface area contributed by atoms with E-state index in [9.17, 15) is 4.79 Å². The average Bonchev–Trinajstić information content (AvgIpc) is 2.83. The van der Waals surface area contributed by atoms with E-state index < -0.39 is 5.54 Å². The molecule has 1 fully saturated rings. The van der Waals surface area contributed by atoms with Gasteiger partial charge in [-0.3, -0.25) is 4.79 Å². The molecule has 0 aromatic carbocycles. The van der Waals surface area contributed by atoms with E-state index in [1.54, 1.807) is 12.1 Å². The van der Waals surface area contributed by atoms with E-state index >= 15 is 0 Å². The van der Waals surface area contributed by atoms with Crippen molar-refractivity contribution in [3.8, 4) is 0 Å². The zero-order valence-electron chi connectivity index (χ0n) is 9.57. The Kier molecular flexibility index (Phi) is 3.47. The summed E-state index contributed by atoms with van der Waals surface area (Å²) >= 11 is 5.11. The zero-order valence-corrected chi connectivity index (χ0v) is 10.4. The minimum atomic E-state index is -0.530. The van der Waals surface area contributed by atoms with E-state index in [4.69, 9.17) is 22.4 Å². The van der Waals surface area contributed by atoms with Gasteiger partial charge in [-0.15, -0.1) is 0 Å². The van der Waals surface area contributed by atoms with Gasteiger partial charge in [0.05, 0.1) is 16.8 Å². The van der Waals surface area contributed by atoms with E-state index in [-0.39, 0.29) is 5.91 Å². The molecule has 0 bridgehead atoms. The normalized spacial score (nSPS) is 18.6. The number of thiocarbonyl (C=S) groups is 1. The van der Waals surface area contributed by atoms with E-state index in [0.29, 0.717) is 10.7 Å². The topological polar surface area (TPSA) is 68.3 Å². The van der Waals surface area contributed by atoms with Crippen LogP contribution < -0.4 is 11.1 Å². The molecular formula is C12H16N2O2S. The molecule has 3 N–H and O–H groups in total. The summed E-state index contributed by atoms with van der Waals surface area (Å²) in [6, 6.07) is 3.31. The fourth-order valence-electron chi connectivity index (χ4n) is 2.28. The maximum Gasteiger partial charge on any atom is 0.287 e. The van der Waals surface area contributed by atoms with Crippen LogP contribution in [0.2, 0.25) is 0 Å². The van der Waals surface area contributed by atoms with Crippen LogP contribution in [0, 0.1) is 0 Å². The van der Waals surface area contributed by atoms with Crippen molar-refractivity contribution in [1.29, 1.82) is 0 Å². The second kappa shape index (κ2) is 4.87. The third-order valence-corrected chi connectivity index (χ3v) is 3.67. The maximum atomic E-state index is 12.0. The van der Waals surface area contributed by atoms with Crippen LogP contribution in [-0.4, -0.2) is 16.4 Å². The van der Waals surface area contributed by atoms with Crippen LogP contribution >= 0.6 is 12.2 Å². The Morgan fingerprint density at radius 1 is 1.41 bits per heavy atom. The smallest absolute Gasteiger partial charge is 0.287 e. The van der Waals surface area contributed by atoms with Crippen molar-refractivity contribution in [2.75, 3.05) is 0 Å². The summed E-state index contributed by atoms with van der Waals surface area (Å²) in [5, 5.41) is 2.94. The number of hydrogen-bond acceptors (Lipinski definition) is 3. The molecule has 1 aliphatic rings. The molecule has 0 atom stereocenters. The molecule has 1 aromatic heterocycles. The van der Waals surface area contributed by atoms with Gasteiger partial charge < -0.3 is 15.5 Å². The molecule has 5 heteroatoms. The van der Waals surface area contributed by atoms with Crippen LogP contribution in [0.25, 0.3) is 0 Å². The zero-order chi connectivity index (χ0) is 12.3. The summed E-state index contributed by atoms with van der Waals surface area (Å²) in [5.41, 5.74) is 5.26. The van der Waals surface area contributed by atoms with E-state index in [0.717, 1.165) is 25.7 Å². The van der Waals surface area contributed by atoms with Crippen LogP contribution in [-0.2, 0) is 0 Å². The lowest BCUT2D eigenvalue weighted by Crippen LogP contribution is -2.57. The second-order valence-electron chi connectivity index (χ2n) is 4.44. The van der Waals surface area contributed by atoms with Crippen molar-refractivity contribution >= 4 is 23.1 Å². The highest BCUT2D eigenvalue weighted by Gasteiger charge is 2.37. The first-order chi connectivity index (χ1) is 8.14. The first kappa shape index (κ1) is 12.1. The van der Waals surface area contributed by atoms with Gasteiger partial charge in [-0.2, -0.15) is 0 Å². The van der Waals surface area contributed by atoms with Gasteiger partial charge in [-0.05, 0) is 25.0 Å². The van der Waals surface area contributed by atoms with Gasteiger partial charge in [0.25, 0.3) is 5.91 Å². The van der Waals surface area contributed by atoms with Gasteiger partial charge >= 0.3 is 0 Å². The number of carbonyl (C=O) groups is 1. The monoisotopic (exact) mass is 252 g/mol. The number of rotatable bonds is 3. The van der Waals surface area contributed by atoms with E-state index in [2.05, 4.69) is 5.32 Å². The van der Waals surface area contributed by atoms with Crippen LogP contribution in [0.4, 0.5) is 0 Å². The summed E-state index contributed by atoms with van der Waals surface area (Å²) in [6.45, 7) is 0. The lowest BCUT2D eigenvalue weighted by molar-refractivity contribution is 0.0880. The highest BCUT2D eigenvalue weighted by Crippen LogP contribution is 2.29. The number of amides is 1. The molecule has 1 aliphatic carbocycles. The molecule has 1 heterocycles. The third kappa shape index (κ3) is 2.49. The quantitative estimate of drug-likeness (QED) is 0.807. The van der Waals surface area contributed by atoms with Gasteiger partial charge in [-0.1, -0.05) is 31.5 Å². The summed E-state index contributed by atoms with van der Waals surface area (Å²) in [5.74, 6) is 0.0518. The predicted molar refractivity (Wildman–Crippen MR) is 68.8 cm³/mol. The lowest BCUT2D eigenvalue weighted by Gasteiger charge is -2.36. The third-order valence-electron chi connectivity index (χ3n) is 3.28. The SMILES string of the molecule is NC(=S)C1(NC(=O)c2ccco2)CCCCC1. The molecule has 0 spiro atoms. The van der Waals surface area contributed by atoms with Crippen molar-refractivity contribution < 1.29 is 9.21 Å². The van der Waals surface area contributed by atoms with Crippen LogP contribution in [0.3, 0.4) is 0 Å². The summed E-state index contributed by atoms with van der Waals surface area (Å²) in [7, 11) is 0. The van der Waals surface area contributed by atoms with Crippen LogP contribution in [0.5, 0.6) is 0 Å². The number of furan rings is 1. The van der Waals surface area contributed by atoms with Crippen molar-refractivity contribution in [3.63, 3.8) is 0 Å². The number of carbonyl (C=O) groups excluding carboxylic acids is 1. The molecule has 0 aliphatic heterocycles. The van der Waals surface area contributed by atoms with Crippen molar-refractivity contribution in [3.05, 3.63) is 24.2 Å². The standard InChI is InChI=1S/C12H16N2O2S/c13-11(17)12(6-2-1-3-7-12)14-10(15)9-5-4-8-16-9/h4-5,8H,1-3,6-7H2,(H2,13,17)(H,14,15). The Hall–Kier alpha value is -1.36. The van der Waals surface area contributed by atoms with Crippen molar-refractivity contribution in [2.24, 2.45) is 5.73 Å².